The Morgan fingerprint density at radius 3 is 2.43 bits per heavy atom. The molecule has 0 aliphatic carbocycles. The van der Waals surface area contributed by atoms with Gasteiger partial charge >= 0.3 is 6.03 Å². The van der Waals surface area contributed by atoms with Crippen LogP contribution in [0.1, 0.15) is 11.1 Å². The number of rotatable bonds is 5. The van der Waals surface area contributed by atoms with Crippen molar-refractivity contribution in [3.63, 3.8) is 0 Å². The van der Waals surface area contributed by atoms with Gasteiger partial charge in [-0.25, -0.2) is 18.4 Å². The zero-order chi connectivity index (χ0) is 16.9. The number of anilines is 1. The highest BCUT2D eigenvalue weighted by Crippen LogP contribution is 2.10. The highest BCUT2D eigenvalue weighted by atomic mass is 32.2. The fourth-order valence-electron chi connectivity index (χ4n) is 2.06. The Morgan fingerprint density at radius 1 is 1.13 bits per heavy atom. The van der Waals surface area contributed by atoms with Crippen LogP contribution in [0.3, 0.4) is 0 Å². The van der Waals surface area contributed by atoms with Crippen molar-refractivity contribution in [2.75, 3.05) is 11.9 Å². The molecule has 0 fully saturated rings. The topological polar surface area (TPSA) is 101 Å². The van der Waals surface area contributed by atoms with E-state index in [0.717, 1.165) is 16.8 Å². The van der Waals surface area contributed by atoms with Crippen molar-refractivity contribution in [3.05, 3.63) is 59.7 Å². The van der Waals surface area contributed by atoms with Crippen LogP contribution in [-0.4, -0.2) is 21.0 Å². The van der Waals surface area contributed by atoms with Crippen molar-refractivity contribution in [2.45, 2.75) is 18.2 Å². The number of sulfonamides is 1. The number of primary sulfonamides is 1. The minimum absolute atomic E-state index is 0.0754. The molecule has 4 N–H and O–H groups in total. The third-order valence-corrected chi connectivity index (χ3v) is 4.16. The summed E-state index contributed by atoms with van der Waals surface area (Å²) in [5.41, 5.74) is 2.71. The van der Waals surface area contributed by atoms with Crippen LogP contribution in [-0.2, 0) is 16.4 Å². The monoisotopic (exact) mass is 333 g/mol. The molecule has 0 spiro atoms. The van der Waals surface area contributed by atoms with Crippen LogP contribution in [0.2, 0.25) is 0 Å². The van der Waals surface area contributed by atoms with E-state index in [1.165, 1.54) is 12.1 Å². The smallest absolute Gasteiger partial charge is 0.319 e. The zero-order valence-electron chi connectivity index (χ0n) is 12.7. The molecule has 0 unspecified atom stereocenters. The van der Waals surface area contributed by atoms with Crippen LogP contribution in [0.5, 0.6) is 0 Å². The van der Waals surface area contributed by atoms with Gasteiger partial charge in [-0.2, -0.15) is 0 Å². The van der Waals surface area contributed by atoms with Gasteiger partial charge in [0.2, 0.25) is 10.0 Å². The maximum atomic E-state index is 11.8. The first-order valence-electron chi connectivity index (χ1n) is 7.08. The number of aryl methyl sites for hydroxylation is 1. The normalized spacial score (nSPS) is 11.0. The van der Waals surface area contributed by atoms with Crippen molar-refractivity contribution in [1.29, 1.82) is 0 Å². The number of nitrogens with two attached hydrogens (primary N) is 1. The molecule has 0 bridgehead atoms. The van der Waals surface area contributed by atoms with Gasteiger partial charge in [0.25, 0.3) is 0 Å². The third kappa shape index (κ3) is 5.39. The zero-order valence-corrected chi connectivity index (χ0v) is 13.6. The quantitative estimate of drug-likeness (QED) is 0.780. The number of carbonyl (C=O) groups excluding carboxylic acids is 1. The average molecular weight is 333 g/mol. The Kier molecular flexibility index (Phi) is 5.36. The van der Waals surface area contributed by atoms with Crippen molar-refractivity contribution < 1.29 is 13.2 Å². The van der Waals surface area contributed by atoms with E-state index in [4.69, 9.17) is 5.14 Å². The predicted octanol–water partition coefficient (Wildman–Crippen LogP) is 2.01. The molecule has 0 saturated carbocycles. The second kappa shape index (κ2) is 7.26. The van der Waals surface area contributed by atoms with Gasteiger partial charge in [-0.05, 0) is 48.7 Å². The molecule has 122 valence electrons. The van der Waals surface area contributed by atoms with Gasteiger partial charge in [0.05, 0.1) is 4.90 Å². The maximum absolute atomic E-state index is 11.8. The van der Waals surface area contributed by atoms with E-state index in [1.807, 2.05) is 31.2 Å². The first-order valence-corrected chi connectivity index (χ1v) is 8.62. The molecule has 0 aromatic heterocycles. The molecule has 2 rings (SSSR count). The van der Waals surface area contributed by atoms with Crippen LogP contribution in [0.15, 0.2) is 53.4 Å². The van der Waals surface area contributed by atoms with Gasteiger partial charge in [0, 0.05) is 12.2 Å². The van der Waals surface area contributed by atoms with Gasteiger partial charge in [0.1, 0.15) is 0 Å². The minimum Gasteiger partial charge on any atom is -0.338 e. The van der Waals surface area contributed by atoms with Crippen molar-refractivity contribution in [1.82, 2.24) is 5.32 Å². The van der Waals surface area contributed by atoms with E-state index in [0.29, 0.717) is 13.0 Å². The molecular weight excluding hydrogens is 314 g/mol. The second-order valence-electron chi connectivity index (χ2n) is 5.19. The molecule has 6 nitrogen and oxygen atoms in total. The van der Waals surface area contributed by atoms with Gasteiger partial charge in [0.15, 0.2) is 0 Å². The first-order chi connectivity index (χ1) is 10.8. The molecule has 0 aliphatic rings. The molecule has 2 aromatic carbocycles. The summed E-state index contributed by atoms with van der Waals surface area (Å²) >= 11 is 0. The molecule has 0 saturated heterocycles. The number of hydrogen-bond acceptors (Lipinski definition) is 3. The highest BCUT2D eigenvalue weighted by molar-refractivity contribution is 7.89. The lowest BCUT2D eigenvalue weighted by Gasteiger charge is -2.08. The second-order valence-corrected chi connectivity index (χ2v) is 6.75. The van der Waals surface area contributed by atoms with Crippen molar-refractivity contribution >= 4 is 21.7 Å². The van der Waals surface area contributed by atoms with E-state index < -0.39 is 10.0 Å². The van der Waals surface area contributed by atoms with E-state index in [1.54, 1.807) is 12.1 Å². The van der Waals surface area contributed by atoms with Gasteiger partial charge in [-0.3, -0.25) is 0 Å². The highest BCUT2D eigenvalue weighted by Gasteiger charge is 2.07. The van der Waals surface area contributed by atoms with E-state index >= 15 is 0 Å². The van der Waals surface area contributed by atoms with Crippen LogP contribution < -0.4 is 15.8 Å². The molecule has 0 aliphatic heterocycles. The van der Waals surface area contributed by atoms with Crippen LogP contribution in [0, 0.1) is 6.92 Å². The van der Waals surface area contributed by atoms with Crippen molar-refractivity contribution in [3.8, 4) is 0 Å². The Balaban J connectivity index is 1.81. The standard InChI is InChI=1S/C16H19N3O3S/c1-12-3-2-4-14(11-12)19-16(20)18-10-9-13-5-7-15(8-6-13)23(17,21)22/h2-8,11H,9-10H2,1H3,(H2,17,21,22)(H2,18,19,20). The largest absolute Gasteiger partial charge is 0.338 e. The SMILES string of the molecule is Cc1cccc(NC(=O)NCCc2ccc(S(N)(=O)=O)cc2)c1. The Labute approximate surface area is 135 Å². The summed E-state index contributed by atoms with van der Waals surface area (Å²) in [6.45, 7) is 2.39. The maximum Gasteiger partial charge on any atom is 0.319 e. The fraction of sp³-hybridized carbons (Fsp3) is 0.188. The summed E-state index contributed by atoms with van der Waals surface area (Å²) < 4.78 is 22.3. The lowest BCUT2D eigenvalue weighted by molar-refractivity contribution is 0.252. The van der Waals surface area contributed by atoms with Crippen LogP contribution in [0.25, 0.3) is 0 Å². The number of hydrogen-bond donors (Lipinski definition) is 3. The number of nitrogens with one attached hydrogen (secondary N) is 2. The van der Waals surface area contributed by atoms with Crippen LogP contribution >= 0.6 is 0 Å². The molecule has 2 amide bonds. The minimum atomic E-state index is -3.67. The lowest BCUT2D eigenvalue weighted by Crippen LogP contribution is -2.30. The predicted molar refractivity (Wildman–Crippen MR) is 89.7 cm³/mol. The summed E-state index contributed by atoms with van der Waals surface area (Å²) in [4.78, 5) is 11.9. The van der Waals surface area contributed by atoms with E-state index in [2.05, 4.69) is 10.6 Å². The Hall–Kier alpha value is -2.38. The molecule has 0 radical (unpaired) electrons. The molecule has 0 heterocycles. The molecular formula is C16H19N3O3S. The van der Waals surface area contributed by atoms with Crippen LogP contribution in [0.4, 0.5) is 10.5 Å². The number of carbonyl (C=O) groups is 1. The summed E-state index contributed by atoms with van der Waals surface area (Å²) in [6, 6.07) is 13.5. The number of amides is 2. The average Bonchev–Trinajstić information content (AvgIpc) is 2.47. The molecule has 7 heteroatoms. The summed E-state index contributed by atoms with van der Waals surface area (Å²) in [6.07, 6.45) is 0.589. The van der Waals surface area contributed by atoms with Gasteiger partial charge in [-0.1, -0.05) is 24.3 Å². The third-order valence-electron chi connectivity index (χ3n) is 3.23. The van der Waals surface area contributed by atoms with Crippen molar-refractivity contribution in [2.24, 2.45) is 5.14 Å². The summed E-state index contributed by atoms with van der Waals surface area (Å²) in [7, 11) is -3.67. The van der Waals surface area contributed by atoms with Gasteiger partial charge < -0.3 is 10.6 Å². The molecule has 2 aromatic rings. The Morgan fingerprint density at radius 2 is 1.83 bits per heavy atom. The molecule has 23 heavy (non-hydrogen) atoms. The summed E-state index contributed by atoms with van der Waals surface area (Å²) in [5.74, 6) is 0. The van der Waals surface area contributed by atoms with E-state index in [9.17, 15) is 13.2 Å². The molecule has 0 atom stereocenters. The summed E-state index contributed by atoms with van der Waals surface area (Å²) in [5, 5.41) is 10.5. The Bertz CT molecular complexity index is 786. The number of benzene rings is 2. The first kappa shape index (κ1) is 17.0. The van der Waals surface area contributed by atoms with Gasteiger partial charge in [-0.15, -0.1) is 0 Å². The number of urea groups is 1. The lowest BCUT2D eigenvalue weighted by atomic mass is 10.1. The fourth-order valence-corrected chi connectivity index (χ4v) is 2.58. The van der Waals surface area contributed by atoms with E-state index in [-0.39, 0.29) is 10.9 Å².